The summed E-state index contributed by atoms with van der Waals surface area (Å²) in [5.41, 5.74) is 3.70. The van der Waals surface area contributed by atoms with Crippen molar-refractivity contribution in [2.75, 3.05) is 0 Å². The molecule has 61 valence electrons. The fourth-order valence-corrected chi connectivity index (χ4v) is 2.73. The van der Waals surface area contributed by atoms with Gasteiger partial charge in [0, 0.05) is 0 Å². The van der Waals surface area contributed by atoms with E-state index < -0.39 is 0 Å². The molecule has 1 radical (unpaired) electrons. The average Bonchev–Trinajstić information content (AvgIpc) is 2.58. The van der Waals surface area contributed by atoms with Crippen LogP contribution in [0.1, 0.15) is 24.0 Å². The number of hydrogen-bond donors (Lipinski definition) is 0. The van der Waals surface area contributed by atoms with Crippen LogP contribution in [-0.2, 0) is 11.8 Å². The van der Waals surface area contributed by atoms with Crippen LogP contribution in [0, 0.1) is 12.8 Å². The van der Waals surface area contributed by atoms with E-state index >= 15 is 0 Å². The molecule has 1 aromatic rings. The summed E-state index contributed by atoms with van der Waals surface area (Å²) in [6.07, 6.45) is 3.95. The number of fused-ring (bicyclic) bond motifs is 2. The Hall–Kier alpha value is -0.780. The summed E-state index contributed by atoms with van der Waals surface area (Å²) in [5, 5.41) is 0. The molecule has 0 saturated heterocycles. The molecule has 0 N–H and O–H groups in total. The molecule has 12 heavy (non-hydrogen) atoms. The molecule has 0 nitrogen and oxygen atoms in total. The minimum atomic E-state index is 0.524. The minimum Gasteiger partial charge on any atom is -0.0620 e. The molecule has 2 atom stereocenters. The molecule has 0 heteroatoms. The van der Waals surface area contributed by atoms with Crippen LogP contribution in [0.5, 0.6) is 0 Å². The van der Waals surface area contributed by atoms with Crippen molar-refractivity contribution in [3.05, 3.63) is 42.3 Å². The maximum Gasteiger partial charge on any atom is -0.000960 e. The van der Waals surface area contributed by atoms with Gasteiger partial charge in [-0.2, -0.15) is 0 Å². The monoisotopic (exact) mass is 157 g/mol. The Labute approximate surface area is 73.6 Å². The molecule has 0 aromatic heterocycles. The topological polar surface area (TPSA) is 0 Å². The van der Waals surface area contributed by atoms with E-state index in [0.717, 1.165) is 0 Å². The molecule has 1 saturated carbocycles. The average molecular weight is 157 g/mol. The van der Waals surface area contributed by atoms with Crippen LogP contribution in [0.25, 0.3) is 0 Å². The second-order valence-electron chi connectivity index (χ2n) is 4.21. The van der Waals surface area contributed by atoms with Crippen LogP contribution in [0.4, 0.5) is 0 Å². The van der Waals surface area contributed by atoms with E-state index in [0.29, 0.717) is 11.3 Å². The number of benzene rings is 1. The number of aryl methyl sites for hydroxylation is 1. The van der Waals surface area contributed by atoms with Gasteiger partial charge in [-0.15, -0.1) is 0 Å². The van der Waals surface area contributed by atoms with Crippen molar-refractivity contribution in [1.82, 2.24) is 0 Å². The molecule has 3 rings (SSSR count). The van der Waals surface area contributed by atoms with Crippen molar-refractivity contribution < 1.29 is 0 Å². The maximum atomic E-state index is 4.18. The molecule has 0 aliphatic heterocycles. The van der Waals surface area contributed by atoms with Crippen molar-refractivity contribution in [2.45, 2.75) is 24.7 Å². The third-order valence-electron chi connectivity index (χ3n) is 3.63. The summed E-state index contributed by atoms with van der Waals surface area (Å²) < 4.78 is 0. The van der Waals surface area contributed by atoms with E-state index in [4.69, 9.17) is 0 Å². The molecule has 0 unspecified atom stereocenters. The highest BCUT2D eigenvalue weighted by molar-refractivity contribution is 5.45. The summed E-state index contributed by atoms with van der Waals surface area (Å²) in [7, 11) is 0. The highest BCUT2D eigenvalue weighted by atomic mass is 14.6. The SMILES string of the molecule is [CH2][C@@H]1C[C@@]12CCc1ccccc12. The zero-order valence-corrected chi connectivity index (χ0v) is 7.22. The Kier molecular flexibility index (Phi) is 1.08. The lowest BCUT2D eigenvalue weighted by Gasteiger charge is -2.08. The fraction of sp³-hybridized carbons (Fsp3) is 0.417. The molecule has 2 aliphatic carbocycles. The Morgan fingerprint density at radius 3 is 2.83 bits per heavy atom. The second-order valence-corrected chi connectivity index (χ2v) is 4.21. The third-order valence-corrected chi connectivity index (χ3v) is 3.63. The van der Waals surface area contributed by atoms with Gasteiger partial charge in [0.15, 0.2) is 0 Å². The Balaban J connectivity index is 2.15. The standard InChI is InChI=1S/C12H13/c1-9-8-12(9)7-6-10-4-2-3-5-11(10)12/h2-5,9H,1,6-8H2/t9-,12+/m1/s1. The highest BCUT2D eigenvalue weighted by Crippen LogP contribution is 2.60. The van der Waals surface area contributed by atoms with Gasteiger partial charge >= 0.3 is 0 Å². The lowest BCUT2D eigenvalue weighted by molar-refractivity contribution is 0.644. The Morgan fingerprint density at radius 2 is 2.08 bits per heavy atom. The number of rotatable bonds is 0. The summed E-state index contributed by atoms with van der Waals surface area (Å²) >= 11 is 0. The first-order valence-electron chi connectivity index (χ1n) is 4.74. The quantitative estimate of drug-likeness (QED) is 0.543. The van der Waals surface area contributed by atoms with Gasteiger partial charge in [-0.1, -0.05) is 24.3 Å². The molecule has 2 aliphatic rings. The maximum absolute atomic E-state index is 4.18. The van der Waals surface area contributed by atoms with Crippen LogP contribution < -0.4 is 0 Å². The van der Waals surface area contributed by atoms with E-state index in [1.54, 1.807) is 11.1 Å². The molecular formula is C12H13. The highest BCUT2D eigenvalue weighted by Gasteiger charge is 2.54. The predicted octanol–water partition coefficient (Wildman–Crippen LogP) is 2.72. The van der Waals surface area contributed by atoms with Gasteiger partial charge in [-0.3, -0.25) is 0 Å². The zero-order chi connectivity index (χ0) is 8.18. The van der Waals surface area contributed by atoms with Crippen LogP contribution in [-0.4, -0.2) is 0 Å². The van der Waals surface area contributed by atoms with Gasteiger partial charge in [0.25, 0.3) is 0 Å². The van der Waals surface area contributed by atoms with Gasteiger partial charge < -0.3 is 0 Å². The van der Waals surface area contributed by atoms with Crippen LogP contribution in [0.15, 0.2) is 24.3 Å². The molecule has 1 spiro atoms. The van der Waals surface area contributed by atoms with Crippen LogP contribution in [0.3, 0.4) is 0 Å². The van der Waals surface area contributed by atoms with E-state index in [9.17, 15) is 0 Å². The largest absolute Gasteiger partial charge is 0.0620 e. The van der Waals surface area contributed by atoms with Crippen LogP contribution in [0.2, 0.25) is 0 Å². The lowest BCUT2D eigenvalue weighted by Crippen LogP contribution is -2.02. The van der Waals surface area contributed by atoms with Gasteiger partial charge in [-0.05, 0) is 48.6 Å². The predicted molar refractivity (Wildman–Crippen MR) is 49.9 cm³/mol. The van der Waals surface area contributed by atoms with Crippen molar-refractivity contribution in [1.29, 1.82) is 0 Å². The number of hydrogen-bond acceptors (Lipinski definition) is 0. The van der Waals surface area contributed by atoms with Crippen molar-refractivity contribution >= 4 is 0 Å². The van der Waals surface area contributed by atoms with Gasteiger partial charge in [0.05, 0.1) is 0 Å². The van der Waals surface area contributed by atoms with E-state index in [2.05, 4.69) is 31.2 Å². The van der Waals surface area contributed by atoms with Gasteiger partial charge in [0.1, 0.15) is 0 Å². The summed E-state index contributed by atoms with van der Waals surface area (Å²) in [5.74, 6) is 0.696. The molecule has 1 fully saturated rings. The van der Waals surface area contributed by atoms with Gasteiger partial charge in [0.2, 0.25) is 0 Å². The van der Waals surface area contributed by atoms with E-state index in [-0.39, 0.29) is 0 Å². The minimum absolute atomic E-state index is 0.524. The first kappa shape index (κ1) is 6.71. The molecular weight excluding hydrogens is 144 g/mol. The first-order chi connectivity index (χ1) is 5.83. The molecule has 0 bridgehead atoms. The molecule has 0 heterocycles. The second kappa shape index (κ2) is 1.93. The lowest BCUT2D eigenvalue weighted by atomic mass is 9.96. The summed E-state index contributed by atoms with van der Waals surface area (Å²) in [4.78, 5) is 0. The smallest absolute Gasteiger partial charge is 0.000960 e. The fourth-order valence-electron chi connectivity index (χ4n) is 2.73. The van der Waals surface area contributed by atoms with Crippen molar-refractivity contribution in [3.63, 3.8) is 0 Å². The third kappa shape index (κ3) is 0.639. The molecule has 1 aromatic carbocycles. The zero-order valence-electron chi connectivity index (χ0n) is 7.22. The van der Waals surface area contributed by atoms with Crippen LogP contribution >= 0.6 is 0 Å². The van der Waals surface area contributed by atoms with E-state index in [1.165, 1.54) is 19.3 Å². The first-order valence-corrected chi connectivity index (χ1v) is 4.74. The summed E-state index contributed by atoms with van der Waals surface area (Å²) in [6.45, 7) is 4.18. The Morgan fingerprint density at radius 1 is 1.33 bits per heavy atom. The summed E-state index contributed by atoms with van der Waals surface area (Å²) in [6, 6.07) is 8.89. The normalized spacial score (nSPS) is 36.9. The molecule has 0 amide bonds. The van der Waals surface area contributed by atoms with Gasteiger partial charge in [-0.25, -0.2) is 0 Å². The van der Waals surface area contributed by atoms with E-state index in [1.807, 2.05) is 0 Å². The van der Waals surface area contributed by atoms with Crippen molar-refractivity contribution in [3.8, 4) is 0 Å². The van der Waals surface area contributed by atoms with Crippen molar-refractivity contribution in [2.24, 2.45) is 5.92 Å². The Bertz CT molecular complexity index is 327.